The molecule has 0 fully saturated rings. The minimum absolute atomic E-state index is 0.0903. The summed E-state index contributed by atoms with van der Waals surface area (Å²) in [6, 6.07) is 0. The Morgan fingerprint density at radius 1 is 0.769 bits per heavy atom. The summed E-state index contributed by atoms with van der Waals surface area (Å²) in [7, 11) is 0. The predicted molar refractivity (Wildman–Crippen MR) is 24.9 cm³/mol. The molecule has 0 saturated heterocycles. The van der Waals surface area contributed by atoms with Crippen molar-refractivity contribution in [2.24, 2.45) is 0 Å². The van der Waals surface area contributed by atoms with Gasteiger partial charge in [-0.15, -0.1) is 0 Å². The molecule has 0 bridgehead atoms. The fraction of sp³-hybridized carbons (Fsp3) is 0.400. The van der Waals surface area contributed by atoms with Crippen LogP contribution in [0.15, 0.2) is 17.4 Å². The maximum absolute atomic E-state index is 11.4. The fourth-order valence-corrected chi connectivity index (χ4v) is 0.397. The van der Waals surface area contributed by atoms with Gasteiger partial charge in [-0.05, 0) is 5.73 Å². The van der Waals surface area contributed by atoms with Crippen LogP contribution in [-0.2, 0) is 0 Å². The zero-order valence-electron chi connectivity index (χ0n) is 5.52. The third-order valence-electron chi connectivity index (χ3n) is 0.786. The first kappa shape index (κ1) is 12.0. The van der Waals surface area contributed by atoms with E-state index in [1.165, 1.54) is 0 Å². The lowest BCUT2D eigenvalue weighted by Crippen LogP contribution is -2.25. The lowest BCUT2D eigenvalue weighted by atomic mass is 10.3. The molecule has 0 aromatic carbocycles. The largest absolute Gasteiger partial charge is 0.428 e. The molecule has 0 aliphatic carbocycles. The Kier molecular flexibility index (Phi) is 3.10. The zero-order valence-corrected chi connectivity index (χ0v) is 5.52. The van der Waals surface area contributed by atoms with Crippen molar-refractivity contribution < 1.29 is 35.1 Å². The molecule has 0 unspecified atom stereocenters. The van der Waals surface area contributed by atoms with E-state index in [1.54, 1.807) is 0 Å². The molecule has 8 heteroatoms. The number of rotatable bonds is 0. The third kappa shape index (κ3) is 3.93. The number of hydrogen-bond donors (Lipinski definition) is 0. The molecule has 0 spiro atoms. The summed E-state index contributed by atoms with van der Waals surface area (Å²) in [6.07, 6.45) is -15.0. The molecule has 76 valence electrons. The summed E-state index contributed by atoms with van der Waals surface area (Å²) < 4.78 is 90.7. The highest BCUT2D eigenvalue weighted by molar-refractivity contribution is 5.14. The summed E-state index contributed by atoms with van der Waals surface area (Å²) >= 11 is 0. The normalized spacial score (nSPS) is 12.3. The van der Waals surface area contributed by atoms with Crippen molar-refractivity contribution in [3.05, 3.63) is 17.4 Å². The van der Waals surface area contributed by atoms with Crippen molar-refractivity contribution >= 4 is 0 Å². The monoisotopic (exact) mass is 212 g/mol. The zero-order chi connectivity index (χ0) is 10.9. The van der Waals surface area contributed by atoms with E-state index < -0.39 is 24.0 Å². The molecule has 0 aromatic heterocycles. The van der Waals surface area contributed by atoms with Crippen LogP contribution < -0.4 is 0 Å². The van der Waals surface area contributed by atoms with E-state index in [9.17, 15) is 35.1 Å². The highest BCUT2D eigenvalue weighted by Crippen LogP contribution is 2.38. The quantitative estimate of drug-likeness (QED) is 0.426. The molecule has 0 aliphatic rings. The molecule has 0 aromatic rings. The van der Waals surface area contributed by atoms with Gasteiger partial charge in [-0.1, -0.05) is 0 Å². The third-order valence-corrected chi connectivity index (χ3v) is 0.786. The van der Waals surface area contributed by atoms with Gasteiger partial charge >= 0.3 is 18.4 Å². The van der Waals surface area contributed by atoms with Gasteiger partial charge in [-0.25, -0.2) is 0 Å². The van der Waals surface area contributed by atoms with Crippen LogP contribution in [-0.4, -0.2) is 12.4 Å². The predicted octanol–water partition coefficient (Wildman–Crippen LogP) is 3.42. The molecule has 0 aliphatic heterocycles. The lowest BCUT2D eigenvalue weighted by Gasteiger charge is -2.11. The highest BCUT2D eigenvalue weighted by atomic mass is 19.4. The standard InChI is InChI=1S/C5F8/c6-3(7)1-2(4(8,9)10)5(11,12)13. The van der Waals surface area contributed by atoms with Crippen molar-refractivity contribution in [1.29, 1.82) is 0 Å². The maximum atomic E-state index is 11.4. The summed E-state index contributed by atoms with van der Waals surface area (Å²) in [5, 5.41) is 0. The Hall–Kier alpha value is -1.04. The Bertz CT molecular complexity index is 227. The number of allylic oxidation sites excluding steroid dienone is 1. The fourth-order valence-electron chi connectivity index (χ4n) is 0.397. The molecule has 0 nitrogen and oxygen atoms in total. The smallest absolute Gasteiger partial charge is 0.165 e. The van der Waals surface area contributed by atoms with Crippen LogP contribution >= 0.6 is 0 Å². The average Bonchev–Trinajstić information content (AvgIpc) is 1.77. The van der Waals surface area contributed by atoms with Crippen LogP contribution in [0.1, 0.15) is 0 Å². The van der Waals surface area contributed by atoms with Gasteiger partial charge in [0.25, 0.3) is 0 Å². The molecular formula is C5F8. The summed E-state index contributed by atoms with van der Waals surface area (Å²) in [6.45, 7) is 0. The average molecular weight is 212 g/mol. The minimum Gasteiger partial charge on any atom is -0.165 e. The highest BCUT2D eigenvalue weighted by Gasteiger charge is 2.51. The van der Waals surface area contributed by atoms with E-state index >= 15 is 0 Å². The first-order valence-corrected chi connectivity index (χ1v) is 2.51. The van der Waals surface area contributed by atoms with Crippen molar-refractivity contribution in [1.82, 2.24) is 0 Å². The van der Waals surface area contributed by atoms with E-state index in [4.69, 9.17) is 0 Å². The van der Waals surface area contributed by atoms with Gasteiger partial charge in [0.15, 0.2) is 5.57 Å². The summed E-state index contributed by atoms with van der Waals surface area (Å²) in [5.41, 5.74) is -3.44. The van der Waals surface area contributed by atoms with Gasteiger partial charge in [0.1, 0.15) is 0 Å². The van der Waals surface area contributed by atoms with Gasteiger partial charge < -0.3 is 0 Å². The molecule has 0 N–H and O–H groups in total. The van der Waals surface area contributed by atoms with Crippen LogP contribution in [0.25, 0.3) is 0 Å². The van der Waals surface area contributed by atoms with Crippen LogP contribution in [0.3, 0.4) is 0 Å². The van der Waals surface area contributed by atoms with E-state index in [0.717, 1.165) is 0 Å². The van der Waals surface area contributed by atoms with Crippen molar-refractivity contribution in [2.75, 3.05) is 0 Å². The summed E-state index contributed by atoms with van der Waals surface area (Å²) in [5.74, 6) is 0. The second-order valence-corrected chi connectivity index (χ2v) is 1.76. The Balaban J connectivity index is 5.41. The molecule has 0 rings (SSSR count). The first-order valence-electron chi connectivity index (χ1n) is 2.51. The van der Waals surface area contributed by atoms with E-state index in [0.29, 0.717) is 0 Å². The van der Waals surface area contributed by atoms with Crippen molar-refractivity contribution in [2.45, 2.75) is 12.4 Å². The molecule has 0 atom stereocenters. The molecule has 0 radical (unpaired) electrons. The lowest BCUT2D eigenvalue weighted by molar-refractivity contribution is -0.171. The Morgan fingerprint density at radius 3 is 1.15 bits per heavy atom. The molecular weight excluding hydrogens is 212 g/mol. The number of alkyl halides is 6. The minimum atomic E-state index is -5.89. The van der Waals surface area contributed by atoms with Crippen molar-refractivity contribution in [3.63, 3.8) is 0 Å². The molecule has 0 amide bonds. The molecule has 0 saturated carbocycles. The second kappa shape index (κ2) is 3.37. The van der Waals surface area contributed by atoms with E-state index in [-0.39, 0.29) is 5.73 Å². The van der Waals surface area contributed by atoms with E-state index in [1.807, 2.05) is 0 Å². The molecule has 0 heterocycles. The first-order chi connectivity index (χ1) is 5.55. The van der Waals surface area contributed by atoms with Gasteiger partial charge in [0, 0.05) is 0 Å². The van der Waals surface area contributed by atoms with Gasteiger partial charge in [-0.2, -0.15) is 35.1 Å². The van der Waals surface area contributed by atoms with Crippen LogP contribution in [0.2, 0.25) is 0 Å². The van der Waals surface area contributed by atoms with E-state index in [2.05, 4.69) is 0 Å². The van der Waals surface area contributed by atoms with Gasteiger partial charge in [0.05, 0.1) is 0 Å². The van der Waals surface area contributed by atoms with Gasteiger partial charge in [0.2, 0.25) is 0 Å². The second-order valence-electron chi connectivity index (χ2n) is 1.76. The molecule has 13 heavy (non-hydrogen) atoms. The Labute approximate surface area is 66.1 Å². The van der Waals surface area contributed by atoms with Crippen LogP contribution in [0, 0.1) is 0 Å². The van der Waals surface area contributed by atoms with Crippen LogP contribution in [0.5, 0.6) is 0 Å². The van der Waals surface area contributed by atoms with Crippen LogP contribution in [0.4, 0.5) is 35.1 Å². The summed E-state index contributed by atoms with van der Waals surface area (Å²) in [4.78, 5) is 0. The maximum Gasteiger partial charge on any atom is 0.428 e. The topological polar surface area (TPSA) is 0 Å². The van der Waals surface area contributed by atoms with Crippen molar-refractivity contribution in [3.8, 4) is 0 Å². The van der Waals surface area contributed by atoms with Gasteiger partial charge in [-0.3, -0.25) is 0 Å². The number of hydrogen-bond acceptors (Lipinski definition) is 0. The SMILES string of the molecule is FC(F)=C=C(C(F)(F)F)C(F)(F)F. The number of halogens is 8. The Morgan fingerprint density at radius 2 is 1.08 bits per heavy atom.